The Hall–Kier alpha value is -3.07. The van der Waals surface area contributed by atoms with Crippen LogP contribution in [0, 0.1) is 5.82 Å². The van der Waals surface area contributed by atoms with Gasteiger partial charge in [0, 0.05) is 30.1 Å². The van der Waals surface area contributed by atoms with Gasteiger partial charge in [0.05, 0.1) is 12.2 Å². The molecule has 0 spiro atoms. The van der Waals surface area contributed by atoms with Crippen LogP contribution in [0.15, 0.2) is 40.4 Å². The Morgan fingerprint density at radius 2 is 2.04 bits per heavy atom. The molecule has 4 aromatic rings. The van der Waals surface area contributed by atoms with Gasteiger partial charge in [0.2, 0.25) is 5.89 Å². The summed E-state index contributed by atoms with van der Waals surface area (Å²) < 4.78 is 20.1. The maximum atomic E-state index is 13.1. The lowest BCUT2D eigenvalue weighted by molar-refractivity contribution is 0.0774. The van der Waals surface area contributed by atoms with Gasteiger partial charge in [-0.2, -0.15) is 4.98 Å². The number of fused-ring (bicyclic) bond motifs is 1. The van der Waals surface area contributed by atoms with Crippen molar-refractivity contribution in [1.82, 2.24) is 24.4 Å². The molecule has 28 heavy (non-hydrogen) atoms. The summed E-state index contributed by atoms with van der Waals surface area (Å²) in [6, 6.07) is 6.10. The number of amides is 1. The molecule has 144 valence electrons. The fraction of sp³-hybridized carbons (Fsp3) is 0.263. The zero-order chi connectivity index (χ0) is 19.8. The van der Waals surface area contributed by atoms with Crippen LogP contribution in [-0.4, -0.2) is 37.4 Å². The molecule has 0 bridgehead atoms. The van der Waals surface area contributed by atoms with Gasteiger partial charge in [0.1, 0.15) is 11.5 Å². The van der Waals surface area contributed by atoms with E-state index >= 15 is 0 Å². The van der Waals surface area contributed by atoms with Crippen molar-refractivity contribution in [2.75, 3.05) is 7.05 Å². The van der Waals surface area contributed by atoms with Crippen molar-refractivity contribution >= 4 is 22.2 Å². The Labute approximate surface area is 164 Å². The van der Waals surface area contributed by atoms with Gasteiger partial charge in [0.15, 0.2) is 10.8 Å². The molecule has 0 aliphatic carbocycles. The first kappa shape index (κ1) is 18.3. The third-order valence-electron chi connectivity index (χ3n) is 4.27. The molecule has 0 saturated carbocycles. The highest BCUT2D eigenvalue weighted by Gasteiger charge is 2.20. The number of rotatable bonds is 5. The minimum atomic E-state index is -0.302. The van der Waals surface area contributed by atoms with E-state index in [1.807, 2.05) is 13.8 Å². The van der Waals surface area contributed by atoms with Gasteiger partial charge in [-0.05, 0) is 24.3 Å². The molecule has 0 fully saturated rings. The summed E-state index contributed by atoms with van der Waals surface area (Å²) in [5.41, 5.74) is 1.97. The van der Waals surface area contributed by atoms with Gasteiger partial charge >= 0.3 is 0 Å². The average molecular weight is 399 g/mol. The highest BCUT2D eigenvalue weighted by Crippen LogP contribution is 2.24. The van der Waals surface area contributed by atoms with E-state index in [2.05, 4.69) is 15.1 Å². The summed E-state index contributed by atoms with van der Waals surface area (Å²) >= 11 is 1.37. The van der Waals surface area contributed by atoms with Gasteiger partial charge in [-0.1, -0.05) is 19.0 Å². The van der Waals surface area contributed by atoms with Crippen LogP contribution in [0.25, 0.3) is 16.2 Å². The predicted molar refractivity (Wildman–Crippen MR) is 103 cm³/mol. The summed E-state index contributed by atoms with van der Waals surface area (Å²) in [5, 5.41) is 5.70. The van der Waals surface area contributed by atoms with E-state index in [1.54, 1.807) is 35.2 Å². The molecule has 0 atom stereocenters. The SMILES string of the molecule is CC(C)c1nc(CN(C)C(=O)c2csc3nc(-c4ccc(F)cc4)cn23)no1. The van der Waals surface area contributed by atoms with Crippen LogP contribution in [0.1, 0.15) is 42.0 Å². The van der Waals surface area contributed by atoms with Crippen molar-refractivity contribution in [2.24, 2.45) is 0 Å². The van der Waals surface area contributed by atoms with Crippen molar-refractivity contribution in [3.8, 4) is 11.3 Å². The average Bonchev–Trinajstić information content (AvgIpc) is 3.37. The lowest BCUT2D eigenvalue weighted by Gasteiger charge is -2.14. The quantitative estimate of drug-likeness (QED) is 0.507. The topological polar surface area (TPSA) is 76.5 Å². The zero-order valence-corrected chi connectivity index (χ0v) is 16.4. The number of hydrogen-bond donors (Lipinski definition) is 0. The molecule has 7 nitrogen and oxygen atoms in total. The minimum Gasteiger partial charge on any atom is -0.339 e. The monoisotopic (exact) mass is 399 g/mol. The van der Waals surface area contributed by atoms with Crippen LogP contribution in [0.4, 0.5) is 4.39 Å². The molecular formula is C19H18FN5O2S. The number of carbonyl (C=O) groups excluding carboxylic acids is 1. The van der Waals surface area contributed by atoms with E-state index in [0.29, 0.717) is 28.1 Å². The number of benzene rings is 1. The van der Waals surface area contributed by atoms with Crippen molar-refractivity contribution in [1.29, 1.82) is 0 Å². The predicted octanol–water partition coefficient (Wildman–Crippen LogP) is 3.98. The highest BCUT2D eigenvalue weighted by atomic mass is 32.1. The van der Waals surface area contributed by atoms with Crippen molar-refractivity contribution < 1.29 is 13.7 Å². The molecule has 4 rings (SSSR count). The highest BCUT2D eigenvalue weighted by molar-refractivity contribution is 7.15. The maximum absolute atomic E-state index is 13.1. The summed E-state index contributed by atoms with van der Waals surface area (Å²) in [5.74, 6) is 0.667. The molecule has 0 unspecified atom stereocenters. The van der Waals surface area contributed by atoms with E-state index in [9.17, 15) is 9.18 Å². The van der Waals surface area contributed by atoms with Crippen LogP contribution >= 0.6 is 11.3 Å². The summed E-state index contributed by atoms with van der Waals surface area (Å²) in [4.78, 5) is 24.0. The number of hydrogen-bond acceptors (Lipinski definition) is 6. The lowest BCUT2D eigenvalue weighted by atomic mass is 10.2. The molecule has 1 amide bonds. The number of halogens is 1. The second kappa shape index (κ2) is 7.16. The number of nitrogens with zero attached hydrogens (tertiary/aromatic N) is 5. The largest absolute Gasteiger partial charge is 0.339 e. The molecular weight excluding hydrogens is 381 g/mol. The molecule has 0 aliphatic heterocycles. The van der Waals surface area contributed by atoms with Gasteiger partial charge < -0.3 is 9.42 Å². The third-order valence-corrected chi connectivity index (χ3v) is 5.11. The van der Waals surface area contributed by atoms with Crippen LogP contribution in [0.5, 0.6) is 0 Å². The second-order valence-electron chi connectivity index (χ2n) is 6.77. The van der Waals surface area contributed by atoms with Crippen LogP contribution in [-0.2, 0) is 6.54 Å². The van der Waals surface area contributed by atoms with Crippen molar-refractivity contribution in [3.63, 3.8) is 0 Å². The summed E-state index contributed by atoms with van der Waals surface area (Å²) in [6.07, 6.45) is 1.78. The van der Waals surface area contributed by atoms with E-state index in [-0.39, 0.29) is 24.2 Å². The fourth-order valence-electron chi connectivity index (χ4n) is 2.74. The van der Waals surface area contributed by atoms with E-state index in [0.717, 1.165) is 5.56 Å². The molecule has 0 N–H and O–H groups in total. The van der Waals surface area contributed by atoms with Crippen LogP contribution in [0.2, 0.25) is 0 Å². The van der Waals surface area contributed by atoms with Gasteiger partial charge in [0.25, 0.3) is 5.91 Å². The molecule has 3 heterocycles. The van der Waals surface area contributed by atoms with Crippen LogP contribution in [0.3, 0.4) is 0 Å². The van der Waals surface area contributed by atoms with Crippen LogP contribution < -0.4 is 0 Å². The smallest absolute Gasteiger partial charge is 0.271 e. The first-order chi connectivity index (χ1) is 13.4. The number of thiazole rings is 1. The number of imidazole rings is 1. The first-order valence-electron chi connectivity index (χ1n) is 8.73. The maximum Gasteiger partial charge on any atom is 0.271 e. The first-order valence-corrected chi connectivity index (χ1v) is 9.61. The Morgan fingerprint density at radius 3 is 2.71 bits per heavy atom. The third kappa shape index (κ3) is 3.40. The number of carbonyl (C=O) groups is 1. The Bertz CT molecular complexity index is 1130. The minimum absolute atomic E-state index is 0.134. The van der Waals surface area contributed by atoms with Crippen molar-refractivity contribution in [2.45, 2.75) is 26.3 Å². The van der Waals surface area contributed by atoms with E-state index in [1.165, 1.54) is 28.4 Å². The molecule has 3 aromatic heterocycles. The Kier molecular flexibility index (Phi) is 4.68. The number of aromatic nitrogens is 4. The second-order valence-corrected chi connectivity index (χ2v) is 7.61. The lowest BCUT2D eigenvalue weighted by Crippen LogP contribution is -2.27. The fourth-order valence-corrected chi connectivity index (χ4v) is 3.59. The summed E-state index contributed by atoms with van der Waals surface area (Å²) in [6.45, 7) is 4.17. The van der Waals surface area contributed by atoms with E-state index in [4.69, 9.17) is 4.52 Å². The van der Waals surface area contributed by atoms with Gasteiger partial charge in [-0.15, -0.1) is 11.3 Å². The van der Waals surface area contributed by atoms with Gasteiger partial charge in [-0.3, -0.25) is 9.20 Å². The molecule has 1 aromatic carbocycles. The normalized spacial score (nSPS) is 11.5. The zero-order valence-electron chi connectivity index (χ0n) is 15.6. The standard InChI is InChI=1S/C19H18FN5O2S/c1-11(2)17-22-16(23-27-17)9-24(3)18(26)15-10-28-19-21-14(8-25(15)19)12-4-6-13(20)7-5-12/h4-8,10-11H,9H2,1-3H3. The molecule has 0 aliphatic rings. The van der Waals surface area contributed by atoms with Crippen molar-refractivity contribution in [3.05, 3.63) is 59.1 Å². The molecule has 0 radical (unpaired) electrons. The molecule has 0 saturated heterocycles. The Balaban J connectivity index is 1.57. The van der Waals surface area contributed by atoms with E-state index < -0.39 is 0 Å². The summed E-state index contributed by atoms with van der Waals surface area (Å²) in [7, 11) is 1.69. The van der Waals surface area contributed by atoms with Gasteiger partial charge in [-0.25, -0.2) is 9.37 Å². The Morgan fingerprint density at radius 1 is 1.29 bits per heavy atom. The molecule has 9 heteroatoms.